The summed E-state index contributed by atoms with van der Waals surface area (Å²) >= 11 is 0. The first-order valence-corrected chi connectivity index (χ1v) is 6.07. The largest absolute Gasteiger partial charge is 0.354 e. The Labute approximate surface area is 111 Å². The highest BCUT2D eigenvalue weighted by atomic mass is 19.1. The van der Waals surface area contributed by atoms with Gasteiger partial charge in [0.2, 0.25) is 0 Å². The van der Waals surface area contributed by atoms with E-state index in [9.17, 15) is 9.18 Å². The smallest absolute Gasteiger partial charge is 0.271 e. The quantitative estimate of drug-likeness (QED) is 0.921. The molecular weight excluding hydrogens is 245 g/mol. The summed E-state index contributed by atoms with van der Waals surface area (Å²) in [5.41, 5.74) is 1.70. The van der Waals surface area contributed by atoms with E-state index in [0.717, 1.165) is 5.69 Å². The van der Waals surface area contributed by atoms with Crippen LogP contribution in [0.2, 0.25) is 0 Å². The first-order chi connectivity index (χ1) is 9.04. The van der Waals surface area contributed by atoms with Crippen LogP contribution in [-0.2, 0) is 0 Å². The van der Waals surface area contributed by atoms with Crippen LogP contribution in [0.1, 0.15) is 34.7 Å². The minimum Gasteiger partial charge on any atom is -0.354 e. The fraction of sp³-hybridized carbons (Fsp3) is 0.286. The molecule has 0 saturated carbocycles. The van der Waals surface area contributed by atoms with Crippen molar-refractivity contribution in [1.82, 2.24) is 15.1 Å². The highest BCUT2D eigenvalue weighted by Gasteiger charge is 2.18. The molecule has 0 fully saturated rings. The van der Waals surface area contributed by atoms with Crippen molar-refractivity contribution in [3.63, 3.8) is 0 Å². The van der Waals surface area contributed by atoms with Crippen LogP contribution >= 0.6 is 0 Å². The van der Waals surface area contributed by atoms with E-state index in [1.165, 1.54) is 6.07 Å². The van der Waals surface area contributed by atoms with Gasteiger partial charge in [-0.25, -0.2) is 4.39 Å². The molecule has 1 aromatic carbocycles. The molecule has 5 heteroatoms. The standard InChI is InChI=1S/C14H16FN3O/c1-9-8-13(14(19)16-3)17-18(9)10(2)11-6-4-5-7-12(11)15/h4-8,10H,1-3H3,(H,16,19). The van der Waals surface area contributed by atoms with Gasteiger partial charge in [0.1, 0.15) is 11.5 Å². The first kappa shape index (κ1) is 13.3. The predicted molar refractivity (Wildman–Crippen MR) is 70.6 cm³/mol. The van der Waals surface area contributed by atoms with Gasteiger partial charge < -0.3 is 5.32 Å². The Bertz CT molecular complexity index is 606. The molecule has 0 bridgehead atoms. The fourth-order valence-electron chi connectivity index (χ4n) is 2.06. The third kappa shape index (κ3) is 2.50. The average Bonchev–Trinajstić information content (AvgIpc) is 2.80. The number of carbonyl (C=O) groups excluding carboxylic acids is 1. The van der Waals surface area contributed by atoms with Gasteiger partial charge in [0.15, 0.2) is 0 Å². The average molecular weight is 261 g/mol. The molecule has 1 aromatic heterocycles. The van der Waals surface area contributed by atoms with Crippen molar-refractivity contribution in [3.8, 4) is 0 Å². The predicted octanol–water partition coefficient (Wildman–Crippen LogP) is 2.30. The number of hydrogen-bond acceptors (Lipinski definition) is 2. The van der Waals surface area contributed by atoms with Gasteiger partial charge in [0.05, 0.1) is 6.04 Å². The molecule has 1 unspecified atom stereocenters. The Hall–Kier alpha value is -2.17. The van der Waals surface area contributed by atoms with Gasteiger partial charge in [-0.15, -0.1) is 0 Å². The molecule has 0 spiro atoms. The molecule has 1 N–H and O–H groups in total. The fourth-order valence-corrected chi connectivity index (χ4v) is 2.06. The molecule has 0 aliphatic heterocycles. The Morgan fingerprint density at radius 3 is 2.74 bits per heavy atom. The number of aryl methyl sites for hydroxylation is 1. The molecule has 1 atom stereocenters. The molecule has 100 valence electrons. The Balaban J connectivity index is 2.39. The molecule has 2 rings (SSSR count). The lowest BCUT2D eigenvalue weighted by Crippen LogP contribution is -2.19. The van der Waals surface area contributed by atoms with Crippen LogP contribution in [-0.4, -0.2) is 22.7 Å². The second kappa shape index (κ2) is 5.22. The second-order valence-electron chi connectivity index (χ2n) is 4.39. The van der Waals surface area contributed by atoms with Crippen LogP contribution in [0.5, 0.6) is 0 Å². The SMILES string of the molecule is CNC(=O)c1cc(C)n(C(C)c2ccccc2F)n1. The Morgan fingerprint density at radius 2 is 2.11 bits per heavy atom. The second-order valence-corrected chi connectivity index (χ2v) is 4.39. The zero-order chi connectivity index (χ0) is 14.0. The van der Waals surface area contributed by atoms with Crippen molar-refractivity contribution in [3.05, 3.63) is 53.1 Å². The van der Waals surface area contributed by atoms with Gasteiger partial charge >= 0.3 is 0 Å². The maximum atomic E-state index is 13.8. The zero-order valence-corrected chi connectivity index (χ0v) is 11.1. The number of carbonyl (C=O) groups is 1. The number of nitrogens with one attached hydrogen (secondary N) is 1. The van der Waals surface area contributed by atoms with Crippen LogP contribution < -0.4 is 5.32 Å². The van der Waals surface area contributed by atoms with Crippen molar-refractivity contribution >= 4 is 5.91 Å². The molecule has 0 aliphatic carbocycles. The van der Waals surface area contributed by atoms with E-state index in [1.807, 2.05) is 13.8 Å². The molecular formula is C14H16FN3O. The molecule has 2 aromatic rings. The van der Waals surface area contributed by atoms with Gasteiger partial charge in [0, 0.05) is 18.3 Å². The van der Waals surface area contributed by atoms with E-state index in [4.69, 9.17) is 0 Å². The summed E-state index contributed by atoms with van der Waals surface area (Å²) in [6.45, 7) is 3.70. The van der Waals surface area contributed by atoms with E-state index >= 15 is 0 Å². The lowest BCUT2D eigenvalue weighted by Gasteiger charge is -2.15. The minimum atomic E-state index is -0.272. The number of rotatable bonds is 3. The van der Waals surface area contributed by atoms with Gasteiger partial charge in [-0.2, -0.15) is 5.10 Å². The summed E-state index contributed by atoms with van der Waals surface area (Å²) in [7, 11) is 1.55. The number of amides is 1. The summed E-state index contributed by atoms with van der Waals surface area (Å²) in [5, 5.41) is 6.76. The molecule has 1 amide bonds. The van der Waals surface area contributed by atoms with Crippen LogP contribution in [0.4, 0.5) is 4.39 Å². The highest BCUT2D eigenvalue weighted by molar-refractivity contribution is 5.92. The third-order valence-corrected chi connectivity index (χ3v) is 3.10. The van der Waals surface area contributed by atoms with Crippen molar-refractivity contribution in [2.24, 2.45) is 0 Å². The molecule has 4 nitrogen and oxygen atoms in total. The Morgan fingerprint density at radius 1 is 1.42 bits per heavy atom. The summed E-state index contributed by atoms with van der Waals surface area (Å²) in [4.78, 5) is 11.5. The highest BCUT2D eigenvalue weighted by Crippen LogP contribution is 2.22. The minimum absolute atomic E-state index is 0.248. The summed E-state index contributed by atoms with van der Waals surface area (Å²) in [5.74, 6) is -0.519. The Kier molecular flexibility index (Phi) is 3.64. The maximum absolute atomic E-state index is 13.8. The van der Waals surface area contributed by atoms with E-state index in [2.05, 4.69) is 10.4 Å². The number of nitrogens with zero attached hydrogens (tertiary/aromatic N) is 2. The molecule has 1 heterocycles. The lowest BCUT2D eigenvalue weighted by molar-refractivity contribution is 0.0957. The lowest BCUT2D eigenvalue weighted by atomic mass is 10.1. The molecule has 0 aliphatic rings. The van der Waals surface area contributed by atoms with Gasteiger partial charge in [-0.05, 0) is 26.0 Å². The molecule has 0 radical (unpaired) electrons. The number of benzene rings is 1. The van der Waals surface area contributed by atoms with E-state index in [1.54, 1.807) is 36.0 Å². The number of hydrogen-bond donors (Lipinski definition) is 1. The van der Waals surface area contributed by atoms with Gasteiger partial charge in [-0.1, -0.05) is 18.2 Å². The van der Waals surface area contributed by atoms with Crippen molar-refractivity contribution < 1.29 is 9.18 Å². The third-order valence-electron chi connectivity index (χ3n) is 3.10. The van der Waals surface area contributed by atoms with Gasteiger partial charge in [-0.3, -0.25) is 9.48 Å². The van der Waals surface area contributed by atoms with E-state index in [0.29, 0.717) is 11.3 Å². The van der Waals surface area contributed by atoms with Crippen LogP contribution in [0.15, 0.2) is 30.3 Å². The van der Waals surface area contributed by atoms with Crippen LogP contribution in [0, 0.1) is 12.7 Å². The first-order valence-electron chi connectivity index (χ1n) is 6.07. The normalized spacial score (nSPS) is 12.2. The summed E-state index contributed by atoms with van der Waals surface area (Å²) in [6, 6.07) is 8.01. The van der Waals surface area contributed by atoms with Crippen molar-refractivity contribution in [2.75, 3.05) is 7.05 Å². The summed E-state index contributed by atoms with van der Waals surface area (Å²) in [6.07, 6.45) is 0. The molecule has 19 heavy (non-hydrogen) atoms. The van der Waals surface area contributed by atoms with E-state index in [-0.39, 0.29) is 17.8 Å². The van der Waals surface area contributed by atoms with Crippen LogP contribution in [0.25, 0.3) is 0 Å². The molecule has 0 saturated heterocycles. The topological polar surface area (TPSA) is 46.9 Å². The van der Waals surface area contributed by atoms with Gasteiger partial charge in [0.25, 0.3) is 5.91 Å². The summed E-state index contributed by atoms with van der Waals surface area (Å²) < 4.78 is 15.4. The van der Waals surface area contributed by atoms with Crippen molar-refractivity contribution in [1.29, 1.82) is 0 Å². The monoisotopic (exact) mass is 261 g/mol. The maximum Gasteiger partial charge on any atom is 0.271 e. The van der Waals surface area contributed by atoms with E-state index < -0.39 is 0 Å². The number of aromatic nitrogens is 2. The number of halogens is 1. The zero-order valence-electron chi connectivity index (χ0n) is 11.1. The van der Waals surface area contributed by atoms with Crippen LogP contribution in [0.3, 0.4) is 0 Å². The van der Waals surface area contributed by atoms with Crippen molar-refractivity contribution in [2.45, 2.75) is 19.9 Å².